The Kier molecular flexibility index (Phi) is 3.96. The zero-order chi connectivity index (χ0) is 14.7. The lowest BCUT2D eigenvalue weighted by Crippen LogP contribution is -2.05. The second-order valence-electron chi connectivity index (χ2n) is 4.32. The number of halogens is 1. The molecule has 0 atom stereocenters. The molecule has 3 aromatic heterocycles. The smallest absolute Gasteiger partial charge is 0.250 e. The largest absolute Gasteiger partial charge is 0.435 e. The maximum Gasteiger partial charge on any atom is 0.250 e. The van der Waals surface area contributed by atoms with E-state index in [9.17, 15) is 0 Å². The highest BCUT2D eigenvalue weighted by Gasteiger charge is 2.12. The number of nitrogens with one attached hydrogen (secondary N) is 2. The lowest BCUT2D eigenvalue weighted by Gasteiger charge is -2.08. The summed E-state index contributed by atoms with van der Waals surface area (Å²) in [5.74, 6) is 1.49. The van der Waals surface area contributed by atoms with Gasteiger partial charge in [-0.15, -0.1) is 0 Å². The summed E-state index contributed by atoms with van der Waals surface area (Å²) in [4.78, 5) is 19.9. The number of aromatic nitrogens is 5. The van der Waals surface area contributed by atoms with Crippen molar-refractivity contribution >= 4 is 33.0 Å². The zero-order valence-electron chi connectivity index (χ0n) is 11.3. The van der Waals surface area contributed by atoms with Gasteiger partial charge in [0.15, 0.2) is 5.65 Å². The summed E-state index contributed by atoms with van der Waals surface area (Å²) in [6.07, 6.45) is 5.85. The molecular formula is C13H13BrN6O. The third kappa shape index (κ3) is 3.10. The molecule has 7 nitrogen and oxygen atoms in total. The number of hydrogen-bond donors (Lipinski definition) is 2. The van der Waals surface area contributed by atoms with Crippen LogP contribution in [0.25, 0.3) is 11.2 Å². The van der Waals surface area contributed by atoms with E-state index in [-0.39, 0.29) is 0 Å². The van der Waals surface area contributed by atoms with E-state index >= 15 is 0 Å². The molecule has 0 fully saturated rings. The predicted molar refractivity (Wildman–Crippen MR) is 82.5 cm³/mol. The Labute approximate surface area is 129 Å². The van der Waals surface area contributed by atoms with Crippen LogP contribution in [-0.2, 0) is 0 Å². The van der Waals surface area contributed by atoms with E-state index in [0.29, 0.717) is 28.7 Å². The number of nitrogens with zero attached hydrogens (tertiary/aromatic N) is 4. The van der Waals surface area contributed by atoms with Gasteiger partial charge in [0, 0.05) is 17.2 Å². The molecule has 0 aromatic carbocycles. The van der Waals surface area contributed by atoms with E-state index < -0.39 is 0 Å². The highest BCUT2D eigenvalue weighted by Crippen LogP contribution is 2.27. The summed E-state index contributed by atoms with van der Waals surface area (Å²) in [7, 11) is 0. The maximum absolute atomic E-state index is 5.80. The Morgan fingerprint density at radius 3 is 3.05 bits per heavy atom. The molecule has 0 unspecified atom stereocenters. The molecule has 0 aliphatic carbocycles. The van der Waals surface area contributed by atoms with Gasteiger partial charge in [-0.05, 0) is 28.4 Å². The van der Waals surface area contributed by atoms with Crippen LogP contribution in [-0.4, -0.2) is 31.5 Å². The fraction of sp³-hybridized carbons (Fsp3) is 0.231. The molecule has 3 heterocycles. The van der Waals surface area contributed by atoms with Gasteiger partial charge in [-0.2, -0.15) is 9.97 Å². The van der Waals surface area contributed by atoms with Gasteiger partial charge in [0.2, 0.25) is 5.95 Å². The molecule has 0 aliphatic rings. The lowest BCUT2D eigenvalue weighted by atomic mass is 10.4. The monoisotopic (exact) mass is 348 g/mol. The van der Waals surface area contributed by atoms with Crippen LogP contribution in [0.4, 0.5) is 5.95 Å². The molecule has 0 radical (unpaired) electrons. The Hall–Kier alpha value is -2.22. The summed E-state index contributed by atoms with van der Waals surface area (Å²) in [6.45, 7) is 2.86. The average Bonchev–Trinajstić information content (AvgIpc) is 2.94. The van der Waals surface area contributed by atoms with E-state index in [1.165, 1.54) is 0 Å². The van der Waals surface area contributed by atoms with Crippen molar-refractivity contribution in [2.24, 2.45) is 0 Å². The quantitative estimate of drug-likeness (QED) is 0.736. The van der Waals surface area contributed by atoms with E-state index in [4.69, 9.17) is 4.74 Å². The number of ether oxygens (including phenoxy) is 1. The number of H-pyrrole nitrogens is 1. The first-order valence-corrected chi connectivity index (χ1v) is 7.29. The summed E-state index contributed by atoms with van der Waals surface area (Å²) in [6, 6.07) is 1.82. The summed E-state index contributed by atoms with van der Waals surface area (Å²) >= 11 is 3.36. The summed E-state index contributed by atoms with van der Waals surface area (Å²) in [5, 5.41) is 3.13. The van der Waals surface area contributed by atoms with Crippen LogP contribution in [0.3, 0.4) is 0 Å². The fourth-order valence-corrected chi connectivity index (χ4v) is 2.10. The Bertz CT molecular complexity index is 759. The van der Waals surface area contributed by atoms with E-state index in [0.717, 1.165) is 17.4 Å². The molecule has 0 saturated carbocycles. The third-order valence-corrected chi connectivity index (χ3v) is 3.11. The van der Waals surface area contributed by atoms with Gasteiger partial charge in [-0.1, -0.05) is 6.92 Å². The van der Waals surface area contributed by atoms with Gasteiger partial charge in [0.1, 0.15) is 11.3 Å². The predicted octanol–water partition coefficient (Wildman–Crippen LogP) is 3.12. The number of imidazole rings is 1. The molecular weight excluding hydrogens is 336 g/mol. The number of anilines is 1. The van der Waals surface area contributed by atoms with E-state index in [2.05, 4.69) is 53.1 Å². The maximum atomic E-state index is 5.80. The summed E-state index contributed by atoms with van der Waals surface area (Å²) in [5.41, 5.74) is 1.21. The van der Waals surface area contributed by atoms with Crippen LogP contribution in [0, 0.1) is 0 Å². The molecule has 108 valence electrons. The number of pyridine rings is 1. The second kappa shape index (κ2) is 6.04. The first-order valence-electron chi connectivity index (χ1n) is 6.49. The van der Waals surface area contributed by atoms with Crippen LogP contribution in [0.5, 0.6) is 11.6 Å². The highest BCUT2D eigenvalue weighted by molar-refractivity contribution is 9.10. The Morgan fingerprint density at radius 2 is 2.24 bits per heavy atom. The topological polar surface area (TPSA) is 88.6 Å². The molecule has 0 saturated heterocycles. The van der Waals surface area contributed by atoms with Crippen LogP contribution >= 0.6 is 15.9 Å². The first kappa shape index (κ1) is 13.7. The van der Waals surface area contributed by atoms with Gasteiger partial charge in [-0.3, -0.25) is 4.98 Å². The van der Waals surface area contributed by atoms with Crippen molar-refractivity contribution in [3.63, 3.8) is 0 Å². The van der Waals surface area contributed by atoms with Crippen LogP contribution < -0.4 is 10.1 Å². The number of rotatable bonds is 5. The molecule has 0 aliphatic heterocycles. The standard InChI is InChI=1S/C13H13BrN6O/c1-2-3-16-13-19-11-10(17-7-18-11)12(20-13)21-9-4-8(14)5-15-6-9/h4-7H,2-3H2,1H3,(H2,16,17,18,19,20). The van der Waals surface area contributed by atoms with E-state index in [1.807, 2.05) is 6.07 Å². The molecule has 0 spiro atoms. The third-order valence-electron chi connectivity index (χ3n) is 2.68. The van der Waals surface area contributed by atoms with Gasteiger partial charge < -0.3 is 15.0 Å². The Balaban J connectivity index is 1.97. The molecule has 21 heavy (non-hydrogen) atoms. The molecule has 3 aromatic rings. The average molecular weight is 349 g/mol. The lowest BCUT2D eigenvalue weighted by molar-refractivity contribution is 0.465. The number of hydrogen-bond acceptors (Lipinski definition) is 6. The van der Waals surface area contributed by atoms with Crippen LogP contribution in [0.15, 0.2) is 29.3 Å². The summed E-state index contributed by atoms with van der Waals surface area (Å²) < 4.78 is 6.63. The minimum Gasteiger partial charge on any atom is -0.435 e. The van der Waals surface area contributed by atoms with Gasteiger partial charge >= 0.3 is 0 Å². The normalized spacial score (nSPS) is 10.8. The highest BCUT2D eigenvalue weighted by atomic mass is 79.9. The fourth-order valence-electron chi connectivity index (χ4n) is 1.76. The van der Waals surface area contributed by atoms with Crippen molar-refractivity contribution in [1.29, 1.82) is 0 Å². The van der Waals surface area contributed by atoms with Crippen LogP contribution in [0.1, 0.15) is 13.3 Å². The second-order valence-corrected chi connectivity index (χ2v) is 5.24. The van der Waals surface area contributed by atoms with Gasteiger partial charge in [-0.25, -0.2) is 4.98 Å². The number of fused-ring (bicyclic) bond motifs is 1. The van der Waals surface area contributed by atoms with Crippen molar-refractivity contribution in [2.45, 2.75) is 13.3 Å². The van der Waals surface area contributed by atoms with Crippen molar-refractivity contribution < 1.29 is 4.74 Å². The van der Waals surface area contributed by atoms with Crippen LogP contribution in [0.2, 0.25) is 0 Å². The van der Waals surface area contributed by atoms with Crippen molar-refractivity contribution in [3.05, 3.63) is 29.3 Å². The molecule has 0 amide bonds. The molecule has 8 heteroatoms. The number of aromatic amines is 1. The minimum absolute atomic E-state index is 0.413. The molecule has 0 bridgehead atoms. The SMILES string of the molecule is CCCNc1nc(Oc2cncc(Br)c2)c2[nH]cnc2n1. The van der Waals surface area contributed by atoms with E-state index in [1.54, 1.807) is 18.7 Å². The first-order chi connectivity index (χ1) is 10.3. The van der Waals surface area contributed by atoms with Crippen molar-refractivity contribution in [2.75, 3.05) is 11.9 Å². The minimum atomic E-state index is 0.413. The zero-order valence-corrected chi connectivity index (χ0v) is 12.9. The molecule has 3 rings (SSSR count). The Morgan fingerprint density at radius 1 is 1.33 bits per heavy atom. The van der Waals surface area contributed by atoms with Gasteiger partial charge in [0.05, 0.1) is 12.5 Å². The van der Waals surface area contributed by atoms with Crippen molar-refractivity contribution in [3.8, 4) is 11.6 Å². The van der Waals surface area contributed by atoms with Gasteiger partial charge in [0.25, 0.3) is 5.88 Å². The van der Waals surface area contributed by atoms with Crippen molar-refractivity contribution in [1.82, 2.24) is 24.9 Å². The molecule has 2 N–H and O–H groups in total.